The first kappa shape index (κ1) is 12.0. The van der Waals surface area contributed by atoms with Crippen molar-refractivity contribution in [2.75, 3.05) is 6.61 Å². The Balaban J connectivity index is 2.66. The average Bonchev–Trinajstić information content (AvgIpc) is 2.16. The van der Waals surface area contributed by atoms with E-state index in [1.807, 2.05) is 0 Å². The number of rotatable bonds is 5. The number of carbonyl (C=O) groups is 2. The van der Waals surface area contributed by atoms with Gasteiger partial charge in [0.2, 0.25) is 5.91 Å². The van der Waals surface area contributed by atoms with Crippen molar-refractivity contribution >= 4 is 11.9 Å². The number of halogens is 1. The van der Waals surface area contributed by atoms with E-state index >= 15 is 0 Å². The van der Waals surface area contributed by atoms with Gasteiger partial charge in [-0.25, -0.2) is 9.18 Å². The van der Waals surface area contributed by atoms with Gasteiger partial charge in [-0.15, -0.1) is 0 Å². The summed E-state index contributed by atoms with van der Waals surface area (Å²) in [5.41, 5.74) is 4.45. The third-order valence-corrected chi connectivity index (χ3v) is 1.79. The van der Waals surface area contributed by atoms with Crippen molar-refractivity contribution in [3.05, 3.63) is 29.6 Å². The maximum Gasteiger partial charge on any atom is 0.338 e. The van der Waals surface area contributed by atoms with Crippen LogP contribution >= 0.6 is 0 Å². The highest BCUT2D eigenvalue weighted by molar-refractivity contribution is 5.88. The molecule has 0 spiro atoms. The molecule has 0 saturated carbocycles. The Morgan fingerprint density at radius 3 is 2.62 bits per heavy atom. The van der Waals surface area contributed by atoms with Gasteiger partial charge in [-0.1, -0.05) is 0 Å². The summed E-state index contributed by atoms with van der Waals surface area (Å²) in [5, 5.41) is 8.56. The number of hydrogen-bond acceptors (Lipinski definition) is 3. The van der Waals surface area contributed by atoms with Crippen LogP contribution in [0.15, 0.2) is 18.2 Å². The first-order chi connectivity index (χ1) is 7.50. The summed E-state index contributed by atoms with van der Waals surface area (Å²) in [5.74, 6) is -2.60. The molecular weight excluding hydrogens is 217 g/mol. The van der Waals surface area contributed by atoms with E-state index in [1.165, 1.54) is 6.07 Å². The van der Waals surface area contributed by atoms with Crippen molar-refractivity contribution in [2.45, 2.75) is 6.42 Å². The zero-order valence-corrected chi connectivity index (χ0v) is 8.27. The molecule has 0 fully saturated rings. The number of carbonyl (C=O) groups excluding carboxylic acids is 1. The Morgan fingerprint density at radius 2 is 2.12 bits per heavy atom. The van der Waals surface area contributed by atoms with Crippen LogP contribution in [0.25, 0.3) is 0 Å². The fraction of sp³-hybridized carbons (Fsp3) is 0.200. The lowest BCUT2D eigenvalue weighted by Gasteiger charge is -2.05. The fourth-order valence-corrected chi connectivity index (χ4v) is 1.03. The van der Waals surface area contributed by atoms with E-state index in [4.69, 9.17) is 15.6 Å². The molecule has 0 atom stereocenters. The summed E-state index contributed by atoms with van der Waals surface area (Å²) in [6.45, 7) is 0.0290. The van der Waals surface area contributed by atoms with Crippen molar-refractivity contribution in [3.63, 3.8) is 0 Å². The first-order valence-electron chi connectivity index (χ1n) is 4.44. The number of aromatic carboxylic acids is 1. The van der Waals surface area contributed by atoms with Crippen LogP contribution < -0.4 is 10.5 Å². The predicted octanol–water partition coefficient (Wildman–Crippen LogP) is 0.778. The molecule has 16 heavy (non-hydrogen) atoms. The molecule has 6 heteroatoms. The van der Waals surface area contributed by atoms with Gasteiger partial charge in [0, 0.05) is 6.07 Å². The van der Waals surface area contributed by atoms with Crippen molar-refractivity contribution in [3.8, 4) is 5.75 Å². The fourth-order valence-electron chi connectivity index (χ4n) is 1.03. The van der Waals surface area contributed by atoms with Crippen molar-refractivity contribution in [1.82, 2.24) is 0 Å². The zero-order chi connectivity index (χ0) is 12.1. The lowest BCUT2D eigenvalue weighted by atomic mass is 10.2. The number of amides is 1. The van der Waals surface area contributed by atoms with E-state index in [1.54, 1.807) is 0 Å². The molecule has 0 aliphatic carbocycles. The summed E-state index contributed by atoms with van der Waals surface area (Å²) in [6, 6.07) is 3.36. The van der Waals surface area contributed by atoms with Gasteiger partial charge < -0.3 is 15.6 Å². The van der Waals surface area contributed by atoms with Crippen LogP contribution in [0.4, 0.5) is 4.39 Å². The van der Waals surface area contributed by atoms with Crippen LogP contribution in [0.2, 0.25) is 0 Å². The average molecular weight is 227 g/mol. The smallest absolute Gasteiger partial charge is 0.338 e. The lowest BCUT2D eigenvalue weighted by molar-refractivity contribution is -0.118. The molecule has 0 unspecified atom stereocenters. The second kappa shape index (κ2) is 5.11. The molecule has 0 aliphatic heterocycles. The van der Waals surface area contributed by atoms with Crippen LogP contribution in [0.5, 0.6) is 5.75 Å². The van der Waals surface area contributed by atoms with Crippen LogP contribution in [-0.2, 0) is 4.79 Å². The van der Waals surface area contributed by atoms with E-state index in [0.29, 0.717) is 0 Å². The molecule has 1 aromatic carbocycles. The first-order valence-corrected chi connectivity index (χ1v) is 4.44. The minimum atomic E-state index is -1.35. The number of nitrogens with two attached hydrogens (primary N) is 1. The van der Waals surface area contributed by atoms with E-state index < -0.39 is 23.3 Å². The molecule has 1 rings (SSSR count). The summed E-state index contributed by atoms with van der Waals surface area (Å²) in [4.78, 5) is 20.9. The molecule has 3 N–H and O–H groups in total. The van der Waals surface area contributed by atoms with E-state index in [2.05, 4.69) is 0 Å². The monoisotopic (exact) mass is 227 g/mol. The van der Waals surface area contributed by atoms with Gasteiger partial charge in [-0.3, -0.25) is 4.79 Å². The summed E-state index contributed by atoms with van der Waals surface area (Å²) in [7, 11) is 0. The highest BCUT2D eigenvalue weighted by Gasteiger charge is 2.10. The van der Waals surface area contributed by atoms with Gasteiger partial charge in [0.1, 0.15) is 11.6 Å². The van der Waals surface area contributed by atoms with E-state index in [-0.39, 0.29) is 18.8 Å². The van der Waals surface area contributed by atoms with Crippen LogP contribution in [0.1, 0.15) is 16.8 Å². The van der Waals surface area contributed by atoms with E-state index in [9.17, 15) is 14.0 Å². The summed E-state index contributed by atoms with van der Waals surface area (Å²) < 4.78 is 18.1. The summed E-state index contributed by atoms with van der Waals surface area (Å²) in [6.07, 6.45) is 0.0162. The lowest BCUT2D eigenvalue weighted by Crippen LogP contribution is -2.14. The maximum atomic E-state index is 13.1. The van der Waals surface area contributed by atoms with Gasteiger partial charge in [0.15, 0.2) is 0 Å². The molecule has 0 aromatic heterocycles. The third-order valence-electron chi connectivity index (χ3n) is 1.79. The number of carboxylic acid groups (broad SMARTS) is 1. The quantitative estimate of drug-likeness (QED) is 0.777. The molecule has 0 radical (unpaired) electrons. The summed E-state index contributed by atoms with van der Waals surface area (Å²) >= 11 is 0. The Hall–Kier alpha value is -2.11. The second-order valence-electron chi connectivity index (χ2n) is 3.01. The van der Waals surface area contributed by atoms with Crippen LogP contribution in [0.3, 0.4) is 0 Å². The Morgan fingerprint density at radius 1 is 1.44 bits per heavy atom. The molecular formula is C10H10FNO4. The van der Waals surface area contributed by atoms with Gasteiger partial charge >= 0.3 is 5.97 Å². The number of hydrogen-bond donors (Lipinski definition) is 2. The maximum absolute atomic E-state index is 13.1. The minimum Gasteiger partial charge on any atom is -0.493 e. The molecule has 1 amide bonds. The van der Waals surface area contributed by atoms with Crippen LogP contribution in [-0.4, -0.2) is 23.6 Å². The van der Waals surface area contributed by atoms with Gasteiger partial charge in [0.05, 0.1) is 18.6 Å². The van der Waals surface area contributed by atoms with Gasteiger partial charge in [-0.2, -0.15) is 0 Å². The minimum absolute atomic E-state index is 0.0162. The molecule has 0 bridgehead atoms. The Bertz CT molecular complexity index is 419. The van der Waals surface area contributed by atoms with Gasteiger partial charge in [-0.05, 0) is 12.1 Å². The molecule has 86 valence electrons. The molecule has 0 saturated heterocycles. The highest BCUT2D eigenvalue weighted by Crippen LogP contribution is 2.16. The largest absolute Gasteiger partial charge is 0.493 e. The van der Waals surface area contributed by atoms with Crippen molar-refractivity contribution < 1.29 is 23.8 Å². The molecule has 0 heterocycles. The van der Waals surface area contributed by atoms with E-state index in [0.717, 1.165) is 12.1 Å². The van der Waals surface area contributed by atoms with Gasteiger partial charge in [0.25, 0.3) is 0 Å². The molecule has 0 aliphatic rings. The molecule has 1 aromatic rings. The van der Waals surface area contributed by atoms with Crippen LogP contribution in [0, 0.1) is 5.82 Å². The number of primary amides is 1. The normalized spacial score (nSPS) is 9.81. The standard InChI is InChI=1S/C10H10FNO4/c11-8-5-6(16-4-3-9(12)13)1-2-7(8)10(14)15/h1-2,5H,3-4H2,(H2,12,13)(H,14,15). The third kappa shape index (κ3) is 3.23. The Labute approximate surface area is 90.6 Å². The number of ether oxygens (including phenoxy) is 1. The topological polar surface area (TPSA) is 89.6 Å². The zero-order valence-electron chi connectivity index (χ0n) is 8.27. The Kier molecular flexibility index (Phi) is 3.82. The number of benzene rings is 1. The molecule has 5 nitrogen and oxygen atoms in total. The van der Waals surface area contributed by atoms with Crippen molar-refractivity contribution in [2.24, 2.45) is 5.73 Å². The van der Waals surface area contributed by atoms with Crippen molar-refractivity contribution in [1.29, 1.82) is 0 Å². The second-order valence-corrected chi connectivity index (χ2v) is 3.01. The highest BCUT2D eigenvalue weighted by atomic mass is 19.1. The predicted molar refractivity (Wildman–Crippen MR) is 52.7 cm³/mol. The SMILES string of the molecule is NC(=O)CCOc1ccc(C(=O)O)c(F)c1. The number of carboxylic acids is 1.